The Morgan fingerprint density at radius 2 is 1.60 bits per heavy atom. The standard InChI is InChI=1S/C17H13FN2O4S/c18-12-1-5-15(6-2-12)24-10-17-19-13(11-25-17)9-23-16-7-3-14(4-8-16)20(21)22/h1-8,11H,9-10H2. The van der Waals surface area contributed by atoms with Gasteiger partial charge >= 0.3 is 0 Å². The first-order chi connectivity index (χ1) is 12.1. The van der Waals surface area contributed by atoms with Gasteiger partial charge in [0.1, 0.15) is 35.5 Å². The number of nitrogens with zero attached hydrogens (tertiary/aromatic N) is 2. The number of non-ortho nitro benzene ring substituents is 1. The van der Waals surface area contributed by atoms with Crippen molar-refractivity contribution in [1.29, 1.82) is 0 Å². The van der Waals surface area contributed by atoms with Crippen LogP contribution in [0.5, 0.6) is 11.5 Å². The van der Waals surface area contributed by atoms with E-state index in [0.717, 1.165) is 10.7 Å². The fourth-order valence-electron chi connectivity index (χ4n) is 1.98. The molecule has 0 aliphatic carbocycles. The summed E-state index contributed by atoms with van der Waals surface area (Å²) in [5.41, 5.74) is 0.752. The van der Waals surface area contributed by atoms with Gasteiger partial charge in [0, 0.05) is 17.5 Å². The fraction of sp³-hybridized carbons (Fsp3) is 0.118. The summed E-state index contributed by atoms with van der Waals surface area (Å²) in [5, 5.41) is 13.2. The predicted octanol–water partition coefficient (Wildman–Crippen LogP) is 4.35. The number of benzene rings is 2. The normalized spacial score (nSPS) is 10.4. The van der Waals surface area contributed by atoms with Crippen molar-refractivity contribution in [3.8, 4) is 11.5 Å². The minimum atomic E-state index is -0.461. The Hall–Kier alpha value is -3.00. The summed E-state index contributed by atoms with van der Waals surface area (Å²) in [6, 6.07) is 11.6. The average molecular weight is 360 g/mol. The van der Waals surface area contributed by atoms with Crippen molar-refractivity contribution in [3.63, 3.8) is 0 Å². The summed E-state index contributed by atoms with van der Waals surface area (Å²) in [5.74, 6) is 0.787. The number of halogens is 1. The van der Waals surface area contributed by atoms with Crippen LogP contribution in [0.3, 0.4) is 0 Å². The molecule has 3 aromatic rings. The van der Waals surface area contributed by atoms with E-state index < -0.39 is 4.92 Å². The molecule has 0 atom stereocenters. The summed E-state index contributed by atoms with van der Waals surface area (Å²) in [6.07, 6.45) is 0. The molecule has 0 spiro atoms. The lowest BCUT2D eigenvalue weighted by molar-refractivity contribution is -0.384. The van der Waals surface area contributed by atoms with Crippen LogP contribution in [0.15, 0.2) is 53.9 Å². The number of aromatic nitrogens is 1. The third-order valence-electron chi connectivity index (χ3n) is 3.21. The highest BCUT2D eigenvalue weighted by Gasteiger charge is 2.07. The third kappa shape index (κ3) is 4.74. The zero-order valence-corrected chi connectivity index (χ0v) is 13.7. The van der Waals surface area contributed by atoms with E-state index in [4.69, 9.17) is 9.47 Å². The van der Waals surface area contributed by atoms with Crippen molar-refractivity contribution in [2.75, 3.05) is 0 Å². The van der Waals surface area contributed by atoms with Gasteiger partial charge in [0.15, 0.2) is 0 Å². The van der Waals surface area contributed by atoms with E-state index in [2.05, 4.69) is 4.98 Å². The lowest BCUT2D eigenvalue weighted by Gasteiger charge is -2.04. The SMILES string of the molecule is O=[N+]([O-])c1ccc(OCc2csc(COc3ccc(F)cc3)n2)cc1. The van der Waals surface area contributed by atoms with Crippen molar-refractivity contribution >= 4 is 17.0 Å². The summed E-state index contributed by atoms with van der Waals surface area (Å²) in [4.78, 5) is 14.5. The topological polar surface area (TPSA) is 74.5 Å². The highest BCUT2D eigenvalue weighted by molar-refractivity contribution is 7.09. The molecule has 1 heterocycles. The number of rotatable bonds is 7. The van der Waals surface area contributed by atoms with E-state index in [1.54, 1.807) is 24.3 Å². The smallest absolute Gasteiger partial charge is 0.269 e. The molecular weight excluding hydrogens is 347 g/mol. The maximum absolute atomic E-state index is 12.8. The number of hydrogen-bond donors (Lipinski definition) is 0. The minimum absolute atomic E-state index is 0.0150. The molecule has 0 radical (unpaired) electrons. The van der Waals surface area contributed by atoms with Crippen LogP contribution in [0.25, 0.3) is 0 Å². The fourth-order valence-corrected chi connectivity index (χ4v) is 2.67. The Kier molecular flexibility index (Phi) is 5.20. The van der Waals surface area contributed by atoms with Gasteiger partial charge in [-0.05, 0) is 36.4 Å². The van der Waals surface area contributed by atoms with E-state index in [-0.39, 0.29) is 24.7 Å². The quantitative estimate of drug-likeness (QED) is 0.463. The third-order valence-corrected chi connectivity index (χ3v) is 4.08. The van der Waals surface area contributed by atoms with E-state index >= 15 is 0 Å². The Balaban J connectivity index is 1.51. The van der Waals surface area contributed by atoms with Crippen LogP contribution in [0.2, 0.25) is 0 Å². The largest absolute Gasteiger partial charge is 0.487 e. The van der Waals surface area contributed by atoms with Gasteiger partial charge in [0.05, 0.1) is 10.6 Å². The van der Waals surface area contributed by atoms with Crippen LogP contribution in [-0.4, -0.2) is 9.91 Å². The van der Waals surface area contributed by atoms with Crippen LogP contribution in [0.1, 0.15) is 10.7 Å². The summed E-state index contributed by atoms with van der Waals surface area (Å²) in [7, 11) is 0. The Bertz CT molecular complexity index is 850. The molecule has 0 unspecified atom stereocenters. The zero-order chi connectivity index (χ0) is 17.6. The molecule has 128 valence electrons. The molecule has 0 fully saturated rings. The molecule has 3 rings (SSSR count). The number of ether oxygens (including phenoxy) is 2. The molecule has 0 bridgehead atoms. The first-order valence-corrected chi connectivity index (χ1v) is 8.17. The predicted molar refractivity (Wildman–Crippen MR) is 90.3 cm³/mol. The van der Waals surface area contributed by atoms with E-state index in [1.807, 2.05) is 5.38 Å². The van der Waals surface area contributed by atoms with Gasteiger partial charge in [0.2, 0.25) is 0 Å². The van der Waals surface area contributed by atoms with Gasteiger partial charge in [0.25, 0.3) is 5.69 Å². The molecule has 6 nitrogen and oxygen atoms in total. The first-order valence-electron chi connectivity index (χ1n) is 7.29. The molecule has 0 saturated carbocycles. The van der Waals surface area contributed by atoms with Crippen LogP contribution in [0, 0.1) is 15.9 Å². The molecule has 1 aromatic heterocycles. The van der Waals surface area contributed by atoms with Gasteiger partial charge < -0.3 is 9.47 Å². The van der Waals surface area contributed by atoms with Gasteiger partial charge in [-0.25, -0.2) is 9.37 Å². The first kappa shape index (κ1) is 16.8. The van der Waals surface area contributed by atoms with E-state index in [9.17, 15) is 14.5 Å². The highest BCUT2D eigenvalue weighted by Crippen LogP contribution is 2.20. The highest BCUT2D eigenvalue weighted by atomic mass is 32.1. The molecule has 0 saturated heterocycles. The van der Waals surface area contributed by atoms with Crippen molar-refractivity contribution in [1.82, 2.24) is 4.98 Å². The molecular formula is C17H13FN2O4S. The van der Waals surface area contributed by atoms with Crippen molar-refractivity contribution in [3.05, 3.63) is 80.5 Å². The molecule has 8 heteroatoms. The van der Waals surface area contributed by atoms with Gasteiger partial charge in [-0.1, -0.05) is 0 Å². The molecule has 0 aliphatic heterocycles. The van der Waals surface area contributed by atoms with Crippen molar-refractivity contribution in [2.45, 2.75) is 13.2 Å². The van der Waals surface area contributed by atoms with Crippen LogP contribution in [-0.2, 0) is 13.2 Å². The monoisotopic (exact) mass is 360 g/mol. The second kappa shape index (κ2) is 7.71. The Labute approximate surface area is 146 Å². The minimum Gasteiger partial charge on any atom is -0.487 e. The lowest BCUT2D eigenvalue weighted by Crippen LogP contribution is -1.98. The summed E-state index contributed by atoms with van der Waals surface area (Å²) >= 11 is 1.43. The average Bonchev–Trinajstić information content (AvgIpc) is 3.08. The van der Waals surface area contributed by atoms with E-state index in [1.165, 1.54) is 35.6 Å². The van der Waals surface area contributed by atoms with Crippen LogP contribution >= 0.6 is 11.3 Å². The lowest BCUT2D eigenvalue weighted by atomic mass is 10.3. The number of hydrogen-bond acceptors (Lipinski definition) is 6. The summed E-state index contributed by atoms with van der Waals surface area (Å²) in [6.45, 7) is 0.540. The van der Waals surface area contributed by atoms with E-state index in [0.29, 0.717) is 11.5 Å². The molecule has 2 aromatic carbocycles. The molecule has 25 heavy (non-hydrogen) atoms. The molecule has 0 N–H and O–H groups in total. The number of nitro groups is 1. The van der Waals surface area contributed by atoms with Crippen LogP contribution < -0.4 is 9.47 Å². The maximum Gasteiger partial charge on any atom is 0.269 e. The molecule has 0 amide bonds. The number of thiazole rings is 1. The Morgan fingerprint density at radius 1 is 1.00 bits per heavy atom. The van der Waals surface area contributed by atoms with Crippen LogP contribution in [0.4, 0.5) is 10.1 Å². The van der Waals surface area contributed by atoms with Crippen molar-refractivity contribution < 1.29 is 18.8 Å². The summed E-state index contributed by atoms with van der Waals surface area (Å²) < 4.78 is 23.9. The second-order valence-corrected chi connectivity index (χ2v) is 5.96. The van der Waals surface area contributed by atoms with Gasteiger partial charge in [-0.2, -0.15) is 0 Å². The van der Waals surface area contributed by atoms with Gasteiger partial charge in [-0.15, -0.1) is 11.3 Å². The Morgan fingerprint density at radius 3 is 2.24 bits per heavy atom. The molecule has 0 aliphatic rings. The number of nitro benzene ring substituents is 1. The second-order valence-electron chi connectivity index (χ2n) is 5.01. The van der Waals surface area contributed by atoms with Gasteiger partial charge in [-0.3, -0.25) is 10.1 Å². The zero-order valence-electron chi connectivity index (χ0n) is 12.9. The maximum atomic E-state index is 12.8. The van der Waals surface area contributed by atoms with Crippen molar-refractivity contribution in [2.24, 2.45) is 0 Å².